The van der Waals surface area contributed by atoms with Gasteiger partial charge in [0.1, 0.15) is 24.3 Å². The van der Waals surface area contributed by atoms with E-state index in [1.165, 1.54) is 62.8 Å². The molecule has 1 saturated heterocycles. The Bertz CT molecular complexity index is 1150. The van der Waals surface area contributed by atoms with Gasteiger partial charge in [-0.3, -0.25) is 10.6 Å². The minimum absolute atomic E-state index is 0.255. The van der Waals surface area contributed by atoms with Crippen molar-refractivity contribution in [1.82, 2.24) is 10.6 Å². The Morgan fingerprint density at radius 1 is 0.676 bits per heavy atom. The standard InChI is InChI=1S/C24H18N6O4/c1-33-21(31)17-7-3-15(4-8-17)19-23(11-25,12-26)30-20(24(13-27,14-28)29-19)16-5-9-18(10-6-16)22(32)34-2/h3-10,19-20,29-30H,1-2H3/t19-,20+. The third-order valence-electron chi connectivity index (χ3n) is 5.65. The molecule has 34 heavy (non-hydrogen) atoms. The summed E-state index contributed by atoms with van der Waals surface area (Å²) in [4.78, 5) is 23.5. The average molecular weight is 454 g/mol. The molecule has 0 amide bonds. The van der Waals surface area contributed by atoms with Gasteiger partial charge in [-0.2, -0.15) is 21.0 Å². The lowest BCUT2D eigenvalue weighted by Crippen LogP contribution is -2.69. The number of nitriles is 4. The number of piperazine rings is 1. The maximum atomic E-state index is 11.8. The summed E-state index contributed by atoms with van der Waals surface area (Å²) in [5.74, 6) is -1.13. The number of nitrogens with one attached hydrogen (secondary N) is 2. The lowest BCUT2D eigenvalue weighted by molar-refractivity contribution is 0.0591. The molecule has 2 aromatic carbocycles. The molecule has 0 aliphatic carbocycles. The number of carbonyl (C=O) groups excluding carboxylic acids is 2. The van der Waals surface area contributed by atoms with Gasteiger partial charge in [-0.25, -0.2) is 9.59 Å². The highest BCUT2D eigenvalue weighted by atomic mass is 16.5. The van der Waals surface area contributed by atoms with Crippen LogP contribution in [0.1, 0.15) is 43.9 Å². The number of hydrogen-bond donors (Lipinski definition) is 2. The van der Waals surface area contributed by atoms with Gasteiger partial charge in [0, 0.05) is 0 Å². The van der Waals surface area contributed by atoms with Crippen LogP contribution in [0.2, 0.25) is 0 Å². The van der Waals surface area contributed by atoms with E-state index in [-0.39, 0.29) is 11.1 Å². The number of esters is 2. The summed E-state index contributed by atoms with van der Waals surface area (Å²) in [5.41, 5.74) is -2.45. The highest BCUT2D eigenvalue weighted by molar-refractivity contribution is 5.89. The molecule has 2 N–H and O–H groups in total. The molecule has 168 valence electrons. The first kappa shape index (κ1) is 23.9. The highest BCUT2D eigenvalue weighted by Gasteiger charge is 2.57. The van der Waals surface area contributed by atoms with Crippen LogP contribution in [0, 0.1) is 45.3 Å². The van der Waals surface area contributed by atoms with E-state index < -0.39 is 35.1 Å². The van der Waals surface area contributed by atoms with Gasteiger partial charge in [0.2, 0.25) is 11.1 Å². The first-order valence-electron chi connectivity index (χ1n) is 9.90. The van der Waals surface area contributed by atoms with E-state index in [9.17, 15) is 30.6 Å². The molecular weight excluding hydrogens is 436 g/mol. The Hall–Kier alpha value is -4.74. The van der Waals surface area contributed by atoms with Gasteiger partial charge >= 0.3 is 11.9 Å². The first-order valence-corrected chi connectivity index (χ1v) is 9.90. The van der Waals surface area contributed by atoms with E-state index in [1.807, 2.05) is 24.3 Å². The van der Waals surface area contributed by atoms with E-state index in [0.29, 0.717) is 11.1 Å². The van der Waals surface area contributed by atoms with Gasteiger partial charge in [0.25, 0.3) is 0 Å². The molecule has 0 saturated carbocycles. The lowest BCUT2D eigenvalue weighted by Gasteiger charge is -2.46. The fraction of sp³-hybridized carbons (Fsp3) is 0.250. The van der Waals surface area contributed by atoms with Crippen molar-refractivity contribution in [1.29, 1.82) is 21.0 Å². The van der Waals surface area contributed by atoms with Gasteiger partial charge in [-0.1, -0.05) is 24.3 Å². The van der Waals surface area contributed by atoms with Crippen molar-refractivity contribution in [3.05, 3.63) is 70.8 Å². The molecule has 1 aliphatic rings. The van der Waals surface area contributed by atoms with E-state index in [4.69, 9.17) is 0 Å². The van der Waals surface area contributed by atoms with Crippen molar-refractivity contribution in [2.75, 3.05) is 14.2 Å². The predicted molar refractivity (Wildman–Crippen MR) is 115 cm³/mol. The number of methoxy groups -OCH3 is 2. The monoisotopic (exact) mass is 454 g/mol. The molecule has 10 nitrogen and oxygen atoms in total. The molecule has 0 aromatic heterocycles. The molecule has 0 radical (unpaired) electrons. The molecular formula is C24H18N6O4. The molecule has 0 bridgehead atoms. The normalized spacial score (nSPS) is 19.8. The van der Waals surface area contributed by atoms with Crippen LogP contribution in [0.25, 0.3) is 0 Å². The number of carbonyl (C=O) groups is 2. The quantitative estimate of drug-likeness (QED) is 0.649. The van der Waals surface area contributed by atoms with Crippen molar-refractivity contribution in [3.63, 3.8) is 0 Å². The molecule has 1 fully saturated rings. The summed E-state index contributed by atoms with van der Waals surface area (Å²) in [6.45, 7) is 0. The lowest BCUT2D eigenvalue weighted by atomic mass is 9.75. The second-order valence-corrected chi connectivity index (χ2v) is 7.45. The molecule has 0 unspecified atom stereocenters. The number of rotatable bonds is 4. The minimum Gasteiger partial charge on any atom is -0.465 e. The highest BCUT2D eigenvalue weighted by Crippen LogP contribution is 2.40. The fourth-order valence-electron chi connectivity index (χ4n) is 3.80. The average Bonchev–Trinajstić information content (AvgIpc) is 2.91. The van der Waals surface area contributed by atoms with Crippen LogP contribution in [0.15, 0.2) is 48.5 Å². The van der Waals surface area contributed by atoms with Gasteiger partial charge < -0.3 is 9.47 Å². The zero-order valence-electron chi connectivity index (χ0n) is 18.2. The maximum absolute atomic E-state index is 11.8. The molecule has 3 rings (SSSR count). The van der Waals surface area contributed by atoms with Crippen LogP contribution >= 0.6 is 0 Å². The first-order chi connectivity index (χ1) is 16.3. The van der Waals surface area contributed by atoms with Crippen molar-refractivity contribution >= 4 is 11.9 Å². The van der Waals surface area contributed by atoms with Gasteiger partial charge in [0.15, 0.2) is 0 Å². The third-order valence-corrected chi connectivity index (χ3v) is 5.65. The van der Waals surface area contributed by atoms with Gasteiger partial charge in [-0.05, 0) is 35.4 Å². The van der Waals surface area contributed by atoms with Crippen LogP contribution in [0.4, 0.5) is 0 Å². The third kappa shape index (κ3) is 3.92. The van der Waals surface area contributed by atoms with Crippen LogP contribution in [0.3, 0.4) is 0 Å². The summed E-state index contributed by atoms with van der Waals surface area (Å²) in [7, 11) is 2.48. The Morgan fingerprint density at radius 3 is 1.21 bits per heavy atom. The predicted octanol–water partition coefficient (Wildman–Crippen LogP) is 1.81. The number of hydrogen-bond acceptors (Lipinski definition) is 10. The molecule has 0 spiro atoms. The summed E-state index contributed by atoms with van der Waals surface area (Å²) in [6, 6.07) is 17.6. The summed E-state index contributed by atoms with van der Waals surface area (Å²) < 4.78 is 9.36. The molecule has 2 aromatic rings. The topological polar surface area (TPSA) is 172 Å². The zero-order chi connectivity index (χ0) is 24.9. The second-order valence-electron chi connectivity index (χ2n) is 7.45. The van der Waals surface area contributed by atoms with Crippen LogP contribution in [0.5, 0.6) is 0 Å². The van der Waals surface area contributed by atoms with Crippen molar-refractivity contribution in [2.24, 2.45) is 0 Å². The molecule has 1 heterocycles. The minimum atomic E-state index is -1.88. The van der Waals surface area contributed by atoms with E-state index in [0.717, 1.165) is 0 Å². The Morgan fingerprint density at radius 2 is 0.971 bits per heavy atom. The maximum Gasteiger partial charge on any atom is 0.337 e. The summed E-state index contributed by atoms with van der Waals surface area (Å²) >= 11 is 0. The van der Waals surface area contributed by atoms with E-state index in [1.54, 1.807) is 0 Å². The van der Waals surface area contributed by atoms with E-state index in [2.05, 4.69) is 20.1 Å². The smallest absolute Gasteiger partial charge is 0.337 e. The zero-order valence-corrected chi connectivity index (χ0v) is 18.2. The Labute approximate surface area is 195 Å². The van der Waals surface area contributed by atoms with Crippen LogP contribution < -0.4 is 10.6 Å². The van der Waals surface area contributed by atoms with Crippen molar-refractivity contribution < 1.29 is 19.1 Å². The van der Waals surface area contributed by atoms with Crippen LogP contribution in [-0.2, 0) is 9.47 Å². The Balaban J connectivity index is 2.09. The largest absolute Gasteiger partial charge is 0.465 e. The SMILES string of the molecule is COC(=O)c1ccc([C@H]2NC(C#N)(C#N)[C@H](c3ccc(C(=O)OC)cc3)NC2(C#N)C#N)cc1. The fourth-order valence-corrected chi connectivity index (χ4v) is 3.80. The van der Waals surface area contributed by atoms with Crippen molar-refractivity contribution in [2.45, 2.75) is 23.2 Å². The second kappa shape index (κ2) is 9.40. The number of benzene rings is 2. The van der Waals surface area contributed by atoms with E-state index >= 15 is 0 Å². The summed E-state index contributed by atoms with van der Waals surface area (Å²) in [6.07, 6.45) is 0. The van der Waals surface area contributed by atoms with Crippen LogP contribution in [-0.4, -0.2) is 37.2 Å². The molecule has 2 atom stereocenters. The summed E-state index contributed by atoms with van der Waals surface area (Å²) in [5, 5.41) is 45.8. The molecule has 10 heteroatoms. The Kier molecular flexibility index (Phi) is 6.61. The van der Waals surface area contributed by atoms with Gasteiger partial charge in [0.05, 0.1) is 37.4 Å². The van der Waals surface area contributed by atoms with Crippen molar-refractivity contribution in [3.8, 4) is 24.3 Å². The number of ether oxygens (including phenoxy) is 2. The van der Waals surface area contributed by atoms with Gasteiger partial charge in [-0.15, -0.1) is 0 Å². The molecule has 1 aliphatic heterocycles. The number of nitrogens with zero attached hydrogens (tertiary/aromatic N) is 4.